The van der Waals surface area contributed by atoms with Crippen LogP contribution in [0.2, 0.25) is 0 Å². The van der Waals surface area contributed by atoms with Crippen LogP contribution in [0.3, 0.4) is 0 Å². The van der Waals surface area contributed by atoms with E-state index in [2.05, 4.69) is 0 Å². The Morgan fingerprint density at radius 3 is 2.33 bits per heavy atom. The lowest BCUT2D eigenvalue weighted by atomic mass is 10.2. The second kappa shape index (κ2) is 4.96. The second-order valence-electron chi connectivity index (χ2n) is 3.94. The van der Waals surface area contributed by atoms with Crippen LogP contribution < -0.4 is 15.2 Å². The molecule has 0 amide bonds. The quantitative estimate of drug-likeness (QED) is 0.844. The van der Waals surface area contributed by atoms with Crippen molar-refractivity contribution in [3.8, 4) is 17.2 Å². The fourth-order valence-electron chi connectivity index (χ4n) is 1.53. The van der Waals surface area contributed by atoms with Gasteiger partial charge in [-0.3, -0.25) is 0 Å². The lowest BCUT2D eigenvalue weighted by molar-refractivity contribution is 0.382. The van der Waals surface area contributed by atoms with Gasteiger partial charge in [0.05, 0.1) is 12.8 Å². The molecule has 0 saturated carbocycles. The summed E-state index contributed by atoms with van der Waals surface area (Å²) >= 11 is 0. The molecule has 0 aliphatic carbocycles. The first-order valence-electron chi connectivity index (χ1n) is 5.47. The summed E-state index contributed by atoms with van der Waals surface area (Å²) in [5, 5.41) is 0. The van der Waals surface area contributed by atoms with Crippen molar-refractivity contribution < 1.29 is 13.9 Å². The first-order chi connectivity index (χ1) is 8.60. The number of methoxy groups -OCH3 is 1. The first kappa shape index (κ1) is 12.2. The number of rotatable bonds is 3. The van der Waals surface area contributed by atoms with E-state index in [0.717, 1.165) is 5.56 Å². The lowest BCUT2D eigenvalue weighted by Crippen LogP contribution is -1.96. The van der Waals surface area contributed by atoms with Crippen molar-refractivity contribution in [2.75, 3.05) is 12.8 Å². The smallest absolute Gasteiger partial charge is 0.167 e. The Morgan fingerprint density at radius 2 is 1.72 bits per heavy atom. The number of ether oxygens (including phenoxy) is 2. The van der Waals surface area contributed by atoms with Crippen molar-refractivity contribution in [2.24, 2.45) is 0 Å². The number of aryl methyl sites for hydroxylation is 1. The van der Waals surface area contributed by atoms with Crippen LogP contribution in [0.1, 0.15) is 5.56 Å². The average Bonchev–Trinajstić information content (AvgIpc) is 2.35. The molecule has 94 valence electrons. The van der Waals surface area contributed by atoms with Gasteiger partial charge in [-0.1, -0.05) is 17.7 Å². The van der Waals surface area contributed by atoms with Gasteiger partial charge >= 0.3 is 0 Å². The van der Waals surface area contributed by atoms with Crippen LogP contribution in [0.5, 0.6) is 17.2 Å². The highest BCUT2D eigenvalue weighted by Gasteiger charge is 2.10. The summed E-state index contributed by atoms with van der Waals surface area (Å²) in [5.41, 5.74) is 7.06. The van der Waals surface area contributed by atoms with Gasteiger partial charge in [0.1, 0.15) is 5.75 Å². The van der Waals surface area contributed by atoms with Gasteiger partial charge in [0.25, 0.3) is 0 Å². The largest absolute Gasteiger partial charge is 0.494 e. The van der Waals surface area contributed by atoms with E-state index in [9.17, 15) is 4.39 Å². The van der Waals surface area contributed by atoms with Gasteiger partial charge in [0.2, 0.25) is 0 Å². The third-order valence-electron chi connectivity index (χ3n) is 2.53. The van der Waals surface area contributed by atoms with E-state index in [1.54, 1.807) is 0 Å². The molecule has 0 radical (unpaired) electrons. The van der Waals surface area contributed by atoms with Gasteiger partial charge in [-0.25, -0.2) is 4.39 Å². The van der Waals surface area contributed by atoms with E-state index in [-0.39, 0.29) is 11.4 Å². The zero-order valence-electron chi connectivity index (χ0n) is 10.2. The predicted octanol–water partition coefficient (Wildman–Crippen LogP) is 3.52. The number of halogens is 1. The number of nitrogen functional groups attached to an aromatic ring is 1. The number of hydrogen-bond donors (Lipinski definition) is 1. The van der Waals surface area contributed by atoms with E-state index in [1.165, 1.54) is 19.2 Å². The van der Waals surface area contributed by atoms with Crippen LogP contribution in [0, 0.1) is 12.7 Å². The molecule has 4 heteroatoms. The predicted molar refractivity (Wildman–Crippen MR) is 68.6 cm³/mol. The topological polar surface area (TPSA) is 44.5 Å². The summed E-state index contributed by atoms with van der Waals surface area (Å²) in [6.45, 7) is 1.99. The monoisotopic (exact) mass is 247 g/mol. The van der Waals surface area contributed by atoms with Crippen LogP contribution in [0.4, 0.5) is 10.1 Å². The third-order valence-corrected chi connectivity index (χ3v) is 2.53. The molecule has 0 aliphatic heterocycles. The van der Waals surface area contributed by atoms with E-state index in [0.29, 0.717) is 11.5 Å². The maximum atomic E-state index is 13.4. The molecule has 18 heavy (non-hydrogen) atoms. The van der Waals surface area contributed by atoms with Crippen LogP contribution in [0.25, 0.3) is 0 Å². The Morgan fingerprint density at radius 1 is 1.06 bits per heavy atom. The minimum atomic E-state index is -0.508. The zero-order valence-corrected chi connectivity index (χ0v) is 10.2. The molecule has 0 spiro atoms. The van der Waals surface area contributed by atoms with Gasteiger partial charge in [-0.15, -0.1) is 0 Å². The van der Waals surface area contributed by atoms with Gasteiger partial charge in [0, 0.05) is 12.1 Å². The fraction of sp³-hybridized carbons (Fsp3) is 0.143. The molecule has 2 aromatic rings. The molecule has 0 bridgehead atoms. The minimum absolute atomic E-state index is 0.103. The Bertz CT molecular complexity index is 552. The summed E-state index contributed by atoms with van der Waals surface area (Å²) in [6.07, 6.45) is 0. The highest BCUT2D eigenvalue weighted by molar-refractivity contribution is 5.57. The number of nitrogens with two attached hydrogens (primary N) is 1. The molecule has 0 fully saturated rings. The molecule has 0 aromatic heterocycles. The van der Waals surface area contributed by atoms with Crippen LogP contribution in [-0.4, -0.2) is 7.11 Å². The highest BCUT2D eigenvalue weighted by atomic mass is 19.1. The zero-order chi connectivity index (χ0) is 13.1. The molecule has 0 aliphatic rings. The summed E-state index contributed by atoms with van der Waals surface area (Å²) < 4.78 is 23.8. The Kier molecular flexibility index (Phi) is 3.37. The van der Waals surface area contributed by atoms with Gasteiger partial charge in [0.15, 0.2) is 17.3 Å². The molecule has 3 nitrogen and oxygen atoms in total. The average molecular weight is 247 g/mol. The molecule has 2 N–H and O–H groups in total. The molecule has 2 aromatic carbocycles. The van der Waals surface area contributed by atoms with Crippen LogP contribution >= 0.6 is 0 Å². The molecule has 0 heterocycles. The van der Waals surface area contributed by atoms with Crippen molar-refractivity contribution in [1.82, 2.24) is 0 Å². The summed E-state index contributed by atoms with van der Waals surface area (Å²) in [5.74, 6) is 0.607. The summed E-state index contributed by atoms with van der Waals surface area (Å²) in [7, 11) is 1.39. The Labute approximate surface area is 105 Å². The maximum absolute atomic E-state index is 13.4. The highest BCUT2D eigenvalue weighted by Crippen LogP contribution is 2.33. The van der Waals surface area contributed by atoms with Crippen LogP contribution in [0.15, 0.2) is 36.4 Å². The fourth-order valence-corrected chi connectivity index (χ4v) is 1.53. The molecular weight excluding hydrogens is 233 g/mol. The molecule has 0 saturated heterocycles. The van der Waals surface area contributed by atoms with Gasteiger partial charge in [-0.05, 0) is 19.1 Å². The van der Waals surface area contributed by atoms with Crippen molar-refractivity contribution in [2.45, 2.75) is 6.92 Å². The Balaban J connectivity index is 2.31. The molecular formula is C14H14FNO2. The first-order valence-corrected chi connectivity index (χ1v) is 5.47. The SMILES string of the molecule is COc1cc(Oc2ccc(C)cc2)c(N)cc1F. The molecule has 2 rings (SSSR count). The minimum Gasteiger partial charge on any atom is -0.494 e. The van der Waals surface area contributed by atoms with Crippen molar-refractivity contribution in [3.63, 3.8) is 0 Å². The van der Waals surface area contributed by atoms with E-state index >= 15 is 0 Å². The summed E-state index contributed by atoms with van der Waals surface area (Å²) in [6, 6.07) is 10.1. The number of benzene rings is 2. The standard InChI is InChI=1S/C14H14FNO2/c1-9-3-5-10(6-4-9)18-14-8-13(17-2)11(15)7-12(14)16/h3-8H,16H2,1-2H3. The van der Waals surface area contributed by atoms with Crippen molar-refractivity contribution in [3.05, 3.63) is 47.8 Å². The van der Waals surface area contributed by atoms with Gasteiger partial charge in [-0.2, -0.15) is 0 Å². The number of anilines is 1. The molecule has 0 atom stereocenters. The normalized spacial score (nSPS) is 10.2. The van der Waals surface area contributed by atoms with E-state index in [4.69, 9.17) is 15.2 Å². The van der Waals surface area contributed by atoms with Crippen LogP contribution in [-0.2, 0) is 0 Å². The number of hydrogen-bond acceptors (Lipinski definition) is 3. The second-order valence-corrected chi connectivity index (χ2v) is 3.94. The van der Waals surface area contributed by atoms with Crippen molar-refractivity contribution >= 4 is 5.69 Å². The summed E-state index contributed by atoms with van der Waals surface area (Å²) in [4.78, 5) is 0. The van der Waals surface area contributed by atoms with E-state index in [1.807, 2.05) is 31.2 Å². The van der Waals surface area contributed by atoms with Crippen molar-refractivity contribution in [1.29, 1.82) is 0 Å². The lowest BCUT2D eigenvalue weighted by Gasteiger charge is -2.11. The molecule has 0 unspecified atom stereocenters. The Hall–Kier alpha value is -2.23. The maximum Gasteiger partial charge on any atom is 0.167 e. The van der Waals surface area contributed by atoms with E-state index < -0.39 is 5.82 Å². The van der Waals surface area contributed by atoms with Gasteiger partial charge < -0.3 is 15.2 Å². The third kappa shape index (κ3) is 2.53.